The van der Waals surface area contributed by atoms with Crippen LogP contribution in [0.25, 0.3) is 0 Å². The van der Waals surface area contributed by atoms with E-state index in [1.54, 1.807) is 6.07 Å². The second-order valence-electron chi connectivity index (χ2n) is 11.3. The van der Waals surface area contributed by atoms with Gasteiger partial charge in [-0.25, -0.2) is 0 Å². The molecule has 0 spiro atoms. The van der Waals surface area contributed by atoms with Gasteiger partial charge in [0, 0.05) is 12.0 Å². The molecule has 0 heterocycles. The molecule has 4 aromatic rings. The number of rotatable bonds is 15. The van der Waals surface area contributed by atoms with Gasteiger partial charge < -0.3 is 15.2 Å². The van der Waals surface area contributed by atoms with Crippen LogP contribution in [0.4, 0.5) is 13.2 Å². The minimum absolute atomic E-state index is 0.250. The number of aliphatic carboxylic acids is 1. The number of carboxylic acid groups (broad SMARTS) is 1. The van der Waals surface area contributed by atoms with E-state index in [9.17, 15) is 23.1 Å². The Morgan fingerprint density at radius 3 is 1.96 bits per heavy atom. The van der Waals surface area contributed by atoms with E-state index in [1.807, 2.05) is 98.8 Å². The number of carbonyl (C=O) groups is 1. The first-order valence-electron chi connectivity index (χ1n) is 15.2. The predicted octanol–water partition coefficient (Wildman–Crippen LogP) is 9.09. The maximum absolute atomic E-state index is 13.8. The van der Waals surface area contributed by atoms with Crippen LogP contribution >= 0.6 is 11.6 Å². The van der Waals surface area contributed by atoms with Crippen molar-refractivity contribution in [3.05, 3.63) is 136 Å². The first kappa shape index (κ1) is 34.1. The van der Waals surface area contributed by atoms with Gasteiger partial charge in [-0.2, -0.15) is 13.2 Å². The van der Waals surface area contributed by atoms with Crippen molar-refractivity contribution in [2.75, 3.05) is 19.7 Å². The lowest BCUT2D eigenvalue weighted by molar-refractivity contribution is -0.144. The van der Waals surface area contributed by atoms with Crippen molar-refractivity contribution >= 4 is 17.6 Å². The normalized spacial score (nSPS) is 12.2. The average Bonchev–Trinajstić information content (AvgIpc) is 3.04. The lowest BCUT2D eigenvalue weighted by atomic mass is 9.70. The largest absolute Gasteiger partial charge is 0.494 e. The lowest BCUT2D eigenvalue weighted by Gasteiger charge is -2.36. The van der Waals surface area contributed by atoms with Crippen LogP contribution in [-0.2, 0) is 28.2 Å². The van der Waals surface area contributed by atoms with Gasteiger partial charge in [0.25, 0.3) is 0 Å². The summed E-state index contributed by atoms with van der Waals surface area (Å²) in [6.07, 6.45) is -2.71. The molecule has 0 aliphatic rings. The molecule has 238 valence electrons. The molecule has 4 aromatic carbocycles. The predicted molar refractivity (Wildman–Crippen MR) is 173 cm³/mol. The van der Waals surface area contributed by atoms with Gasteiger partial charge in [-0.05, 0) is 72.7 Å². The maximum Gasteiger partial charge on any atom is 0.417 e. The van der Waals surface area contributed by atoms with Gasteiger partial charge in [-0.15, -0.1) is 0 Å². The fourth-order valence-electron chi connectivity index (χ4n) is 6.07. The summed E-state index contributed by atoms with van der Waals surface area (Å²) in [5, 5.41) is 13.2. The standard InChI is InChI=1S/C37H39ClF3NO3/c1-3-35(4-2,34(43)44)30-19-12-20-31(24-30)45-23-13-22-42-26-36(28-15-7-5-8-16-28,29-17-9-6-10-18-29)25-27-14-11-21-32(33(27)38)37(39,40)41/h5-12,14-21,24,42H,3-4,13,22-23,25-26H2,1-2H3,(H,43,44). The number of carboxylic acids is 1. The van der Waals surface area contributed by atoms with Gasteiger partial charge in [0.05, 0.1) is 22.6 Å². The number of halogens is 4. The number of nitrogens with one attached hydrogen (secondary N) is 1. The Hall–Kier alpha value is -3.81. The molecule has 2 N–H and O–H groups in total. The van der Waals surface area contributed by atoms with Crippen LogP contribution < -0.4 is 10.1 Å². The summed E-state index contributed by atoms with van der Waals surface area (Å²) in [6.45, 7) is 5.18. The second-order valence-corrected chi connectivity index (χ2v) is 11.6. The molecule has 0 aromatic heterocycles. The molecule has 8 heteroatoms. The third-order valence-corrected chi connectivity index (χ3v) is 9.17. The molecule has 0 radical (unpaired) electrons. The molecule has 0 aliphatic heterocycles. The lowest BCUT2D eigenvalue weighted by Crippen LogP contribution is -2.42. The first-order chi connectivity index (χ1) is 21.6. The van der Waals surface area contributed by atoms with Crippen molar-refractivity contribution in [1.82, 2.24) is 5.32 Å². The molecular weight excluding hydrogens is 599 g/mol. The highest BCUT2D eigenvalue weighted by atomic mass is 35.5. The van der Waals surface area contributed by atoms with Crippen LogP contribution in [0, 0.1) is 0 Å². The number of ether oxygens (including phenoxy) is 1. The first-order valence-corrected chi connectivity index (χ1v) is 15.6. The van der Waals surface area contributed by atoms with Crippen LogP contribution in [0.5, 0.6) is 5.75 Å². The summed E-state index contributed by atoms with van der Waals surface area (Å²) >= 11 is 6.42. The Bertz CT molecular complexity index is 1500. The van der Waals surface area contributed by atoms with Gasteiger partial charge in [0.15, 0.2) is 0 Å². The summed E-state index contributed by atoms with van der Waals surface area (Å²) in [6, 6.07) is 30.9. The van der Waals surface area contributed by atoms with Crippen molar-refractivity contribution in [3.8, 4) is 5.75 Å². The molecule has 0 bridgehead atoms. The van der Waals surface area contributed by atoms with E-state index in [1.165, 1.54) is 6.07 Å². The van der Waals surface area contributed by atoms with E-state index in [-0.39, 0.29) is 11.4 Å². The van der Waals surface area contributed by atoms with Crippen LogP contribution in [0.3, 0.4) is 0 Å². The van der Waals surface area contributed by atoms with E-state index < -0.39 is 28.5 Å². The maximum atomic E-state index is 13.8. The van der Waals surface area contributed by atoms with Crippen LogP contribution in [-0.4, -0.2) is 30.8 Å². The molecule has 0 aliphatic carbocycles. The van der Waals surface area contributed by atoms with E-state index in [2.05, 4.69) is 5.32 Å². The molecule has 45 heavy (non-hydrogen) atoms. The second kappa shape index (κ2) is 15.0. The summed E-state index contributed by atoms with van der Waals surface area (Å²) in [7, 11) is 0. The van der Waals surface area contributed by atoms with Crippen LogP contribution in [0.15, 0.2) is 103 Å². The van der Waals surface area contributed by atoms with Crippen molar-refractivity contribution in [2.45, 2.75) is 56.5 Å². The Morgan fingerprint density at radius 2 is 1.40 bits per heavy atom. The number of hydrogen-bond acceptors (Lipinski definition) is 3. The number of hydrogen-bond donors (Lipinski definition) is 2. The topological polar surface area (TPSA) is 58.6 Å². The molecule has 0 fully saturated rings. The van der Waals surface area contributed by atoms with Gasteiger partial charge >= 0.3 is 12.1 Å². The van der Waals surface area contributed by atoms with Crippen molar-refractivity contribution in [2.24, 2.45) is 0 Å². The zero-order chi connectivity index (χ0) is 32.5. The minimum Gasteiger partial charge on any atom is -0.494 e. The highest BCUT2D eigenvalue weighted by Gasteiger charge is 2.39. The van der Waals surface area contributed by atoms with Gasteiger partial charge in [0.1, 0.15) is 5.75 Å². The smallest absolute Gasteiger partial charge is 0.417 e. The van der Waals surface area contributed by atoms with Gasteiger partial charge in [-0.3, -0.25) is 4.79 Å². The summed E-state index contributed by atoms with van der Waals surface area (Å²) < 4.78 is 47.3. The number of benzene rings is 4. The zero-order valence-electron chi connectivity index (χ0n) is 25.5. The molecule has 4 nitrogen and oxygen atoms in total. The van der Waals surface area contributed by atoms with E-state index >= 15 is 0 Å². The van der Waals surface area contributed by atoms with Crippen LogP contribution in [0.2, 0.25) is 5.02 Å². The fraction of sp³-hybridized carbons (Fsp3) is 0.324. The molecular formula is C37H39ClF3NO3. The monoisotopic (exact) mass is 637 g/mol. The van der Waals surface area contributed by atoms with Gasteiger partial charge in [-0.1, -0.05) is 110 Å². The Morgan fingerprint density at radius 1 is 0.822 bits per heavy atom. The molecule has 0 atom stereocenters. The SMILES string of the molecule is CCC(CC)(C(=O)O)c1cccc(OCCCNCC(Cc2cccc(C(F)(F)F)c2Cl)(c2ccccc2)c2ccccc2)c1. The van der Waals surface area contributed by atoms with E-state index in [0.29, 0.717) is 50.3 Å². The third kappa shape index (κ3) is 7.71. The summed E-state index contributed by atoms with van der Waals surface area (Å²) in [4.78, 5) is 12.1. The highest BCUT2D eigenvalue weighted by molar-refractivity contribution is 6.32. The molecule has 0 saturated heterocycles. The zero-order valence-corrected chi connectivity index (χ0v) is 26.3. The minimum atomic E-state index is -4.56. The molecule has 0 amide bonds. The number of alkyl halides is 3. The molecule has 0 unspecified atom stereocenters. The van der Waals surface area contributed by atoms with Crippen molar-refractivity contribution in [3.63, 3.8) is 0 Å². The Labute approximate surface area is 268 Å². The van der Waals surface area contributed by atoms with E-state index in [4.69, 9.17) is 16.3 Å². The molecule has 4 rings (SSSR count). The molecule has 0 saturated carbocycles. The third-order valence-electron chi connectivity index (χ3n) is 8.73. The van der Waals surface area contributed by atoms with Gasteiger partial charge in [0.2, 0.25) is 0 Å². The van der Waals surface area contributed by atoms with E-state index in [0.717, 1.165) is 22.8 Å². The van der Waals surface area contributed by atoms with Crippen LogP contribution in [0.1, 0.15) is 60.9 Å². The average molecular weight is 638 g/mol. The fourth-order valence-corrected chi connectivity index (χ4v) is 6.37. The van der Waals surface area contributed by atoms with Crippen molar-refractivity contribution < 1.29 is 27.8 Å². The highest BCUT2D eigenvalue weighted by Crippen LogP contribution is 2.41. The quantitative estimate of drug-likeness (QED) is 0.128. The Balaban J connectivity index is 1.53. The summed E-state index contributed by atoms with van der Waals surface area (Å²) in [5.41, 5.74) is 0.538. The Kier molecular flexibility index (Phi) is 11.3. The summed E-state index contributed by atoms with van der Waals surface area (Å²) in [5.74, 6) is -0.234. The van der Waals surface area contributed by atoms with Crippen molar-refractivity contribution in [1.29, 1.82) is 0 Å².